The standard InChI is InChI=1S/C17H21N3O2S/c1-12-16(18-13(2)23-12)17(21)20-10-8-19(9-11-20)14-4-6-15(22-3)7-5-14/h4-7H,8-11H2,1-3H3. The Bertz CT molecular complexity index is 688. The van der Waals surface area contributed by atoms with Crippen LogP contribution in [-0.2, 0) is 0 Å². The third-order valence-corrected chi connectivity index (χ3v) is 5.00. The van der Waals surface area contributed by atoms with Gasteiger partial charge in [0.1, 0.15) is 11.4 Å². The Morgan fingerprint density at radius 2 is 1.78 bits per heavy atom. The van der Waals surface area contributed by atoms with E-state index in [0.29, 0.717) is 5.69 Å². The minimum atomic E-state index is 0.0567. The molecule has 1 aliphatic rings. The van der Waals surface area contributed by atoms with Crippen LogP contribution in [-0.4, -0.2) is 49.1 Å². The topological polar surface area (TPSA) is 45.7 Å². The maximum atomic E-state index is 12.6. The number of aromatic nitrogens is 1. The summed E-state index contributed by atoms with van der Waals surface area (Å²) in [7, 11) is 1.67. The minimum absolute atomic E-state index is 0.0567. The number of hydrogen-bond donors (Lipinski definition) is 0. The molecule has 1 aliphatic heterocycles. The second-order valence-electron chi connectivity index (χ2n) is 5.61. The van der Waals surface area contributed by atoms with Crippen molar-refractivity contribution in [3.63, 3.8) is 0 Å². The molecule has 0 bridgehead atoms. The van der Waals surface area contributed by atoms with E-state index in [1.165, 1.54) is 5.69 Å². The van der Waals surface area contributed by atoms with Crippen LogP contribution in [0.3, 0.4) is 0 Å². The molecule has 1 fully saturated rings. The molecule has 0 spiro atoms. The lowest BCUT2D eigenvalue weighted by Gasteiger charge is -2.36. The number of anilines is 1. The molecule has 3 rings (SSSR count). The van der Waals surface area contributed by atoms with Crippen molar-refractivity contribution in [2.45, 2.75) is 13.8 Å². The molecule has 1 amide bonds. The fourth-order valence-electron chi connectivity index (χ4n) is 2.84. The Labute approximate surface area is 140 Å². The molecule has 6 heteroatoms. The van der Waals surface area contributed by atoms with Crippen molar-refractivity contribution in [2.75, 3.05) is 38.2 Å². The average Bonchev–Trinajstić information content (AvgIpc) is 2.93. The van der Waals surface area contributed by atoms with Crippen LogP contribution in [0.25, 0.3) is 0 Å². The van der Waals surface area contributed by atoms with Crippen LogP contribution in [0, 0.1) is 13.8 Å². The molecule has 0 saturated carbocycles. The van der Waals surface area contributed by atoms with Gasteiger partial charge in [0.15, 0.2) is 0 Å². The van der Waals surface area contributed by atoms with Crippen molar-refractivity contribution in [1.82, 2.24) is 9.88 Å². The quantitative estimate of drug-likeness (QED) is 0.867. The van der Waals surface area contributed by atoms with Crippen LogP contribution in [0.4, 0.5) is 5.69 Å². The predicted molar refractivity (Wildman–Crippen MR) is 92.7 cm³/mol. The number of thiazole rings is 1. The number of ether oxygens (including phenoxy) is 1. The van der Waals surface area contributed by atoms with Crippen molar-refractivity contribution in [3.05, 3.63) is 39.8 Å². The van der Waals surface area contributed by atoms with Crippen LogP contribution in [0.2, 0.25) is 0 Å². The Balaban J connectivity index is 1.63. The number of methoxy groups -OCH3 is 1. The first-order valence-corrected chi connectivity index (χ1v) is 8.52. The summed E-state index contributed by atoms with van der Waals surface area (Å²) in [4.78, 5) is 22.2. The van der Waals surface area contributed by atoms with E-state index in [4.69, 9.17) is 4.74 Å². The fraction of sp³-hybridized carbons (Fsp3) is 0.412. The summed E-state index contributed by atoms with van der Waals surface area (Å²) in [6.45, 7) is 7.02. The third kappa shape index (κ3) is 3.32. The van der Waals surface area contributed by atoms with Gasteiger partial charge in [-0.25, -0.2) is 4.98 Å². The van der Waals surface area contributed by atoms with Crippen LogP contribution in [0.5, 0.6) is 5.75 Å². The first-order chi connectivity index (χ1) is 11.1. The molecule has 0 N–H and O–H groups in total. The largest absolute Gasteiger partial charge is 0.497 e. The first-order valence-electron chi connectivity index (χ1n) is 7.71. The number of hydrogen-bond acceptors (Lipinski definition) is 5. The molecule has 1 aromatic heterocycles. The van der Waals surface area contributed by atoms with Gasteiger partial charge in [-0.15, -0.1) is 11.3 Å². The zero-order valence-corrected chi connectivity index (χ0v) is 14.5. The monoisotopic (exact) mass is 331 g/mol. The summed E-state index contributed by atoms with van der Waals surface area (Å²) in [6, 6.07) is 8.05. The van der Waals surface area contributed by atoms with Crippen molar-refractivity contribution < 1.29 is 9.53 Å². The predicted octanol–water partition coefficient (Wildman–Crippen LogP) is 2.73. The molecule has 122 valence electrons. The molecular formula is C17H21N3O2S. The number of carbonyl (C=O) groups is 1. The summed E-state index contributed by atoms with van der Waals surface area (Å²) in [5.41, 5.74) is 1.78. The molecule has 23 heavy (non-hydrogen) atoms. The lowest BCUT2D eigenvalue weighted by molar-refractivity contribution is 0.0741. The highest BCUT2D eigenvalue weighted by Gasteiger charge is 2.25. The number of aryl methyl sites for hydroxylation is 2. The molecule has 0 aliphatic carbocycles. The molecule has 2 aromatic rings. The summed E-state index contributed by atoms with van der Waals surface area (Å²) >= 11 is 1.58. The second-order valence-corrected chi connectivity index (χ2v) is 7.02. The molecule has 2 heterocycles. The number of amides is 1. The minimum Gasteiger partial charge on any atom is -0.497 e. The molecule has 1 saturated heterocycles. The highest BCUT2D eigenvalue weighted by molar-refractivity contribution is 7.11. The molecule has 5 nitrogen and oxygen atoms in total. The third-order valence-electron chi connectivity index (χ3n) is 4.11. The fourth-order valence-corrected chi connectivity index (χ4v) is 3.65. The van der Waals surface area contributed by atoms with E-state index in [2.05, 4.69) is 22.0 Å². The van der Waals surface area contributed by atoms with Crippen molar-refractivity contribution >= 4 is 22.9 Å². The van der Waals surface area contributed by atoms with Crippen molar-refractivity contribution in [1.29, 1.82) is 0 Å². The van der Waals surface area contributed by atoms with E-state index in [0.717, 1.165) is 41.8 Å². The van der Waals surface area contributed by atoms with Gasteiger partial charge in [0, 0.05) is 36.7 Å². The van der Waals surface area contributed by atoms with Gasteiger partial charge in [-0.2, -0.15) is 0 Å². The lowest BCUT2D eigenvalue weighted by Crippen LogP contribution is -2.49. The smallest absolute Gasteiger partial charge is 0.273 e. The zero-order valence-electron chi connectivity index (χ0n) is 13.7. The summed E-state index contributed by atoms with van der Waals surface area (Å²) < 4.78 is 5.19. The average molecular weight is 331 g/mol. The maximum absolute atomic E-state index is 12.6. The number of carbonyl (C=O) groups excluding carboxylic acids is 1. The lowest BCUT2D eigenvalue weighted by atomic mass is 10.2. The van der Waals surface area contributed by atoms with E-state index in [1.54, 1.807) is 18.4 Å². The van der Waals surface area contributed by atoms with Gasteiger partial charge in [-0.3, -0.25) is 4.79 Å². The zero-order chi connectivity index (χ0) is 16.4. The van der Waals surface area contributed by atoms with Crippen molar-refractivity contribution in [2.24, 2.45) is 0 Å². The van der Waals surface area contributed by atoms with Gasteiger partial charge in [-0.05, 0) is 38.1 Å². The van der Waals surface area contributed by atoms with Gasteiger partial charge < -0.3 is 14.5 Å². The molecular weight excluding hydrogens is 310 g/mol. The summed E-state index contributed by atoms with van der Waals surface area (Å²) in [5, 5.41) is 0.947. The second kappa shape index (κ2) is 6.58. The van der Waals surface area contributed by atoms with E-state index in [9.17, 15) is 4.79 Å². The van der Waals surface area contributed by atoms with E-state index in [1.807, 2.05) is 30.9 Å². The normalized spacial score (nSPS) is 14.9. The van der Waals surface area contributed by atoms with Gasteiger partial charge in [0.25, 0.3) is 5.91 Å². The molecule has 0 radical (unpaired) electrons. The molecule has 1 aromatic carbocycles. The summed E-state index contributed by atoms with van der Waals surface area (Å²) in [5.74, 6) is 0.915. The van der Waals surface area contributed by atoms with E-state index >= 15 is 0 Å². The van der Waals surface area contributed by atoms with Crippen LogP contribution in [0.1, 0.15) is 20.4 Å². The Morgan fingerprint density at radius 1 is 1.13 bits per heavy atom. The summed E-state index contributed by atoms with van der Waals surface area (Å²) in [6.07, 6.45) is 0. The molecule has 0 unspecified atom stereocenters. The van der Waals surface area contributed by atoms with Crippen molar-refractivity contribution in [3.8, 4) is 5.75 Å². The van der Waals surface area contributed by atoms with Crippen LogP contribution < -0.4 is 9.64 Å². The maximum Gasteiger partial charge on any atom is 0.273 e. The Hall–Kier alpha value is -2.08. The van der Waals surface area contributed by atoms with Gasteiger partial charge >= 0.3 is 0 Å². The number of benzene rings is 1. The highest BCUT2D eigenvalue weighted by Crippen LogP contribution is 2.22. The Kier molecular flexibility index (Phi) is 4.52. The van der Waals surface area contributed by atoms with Gasteiger partial charge in [0.05, 0.1) is 12.1 Å². The first kappa shape index (κ1) is 15.8. The number of nitrogens with zero attached hydrogens (tertiary/aromatic N) is 3. The van der Waals surface area contributed by atoms with E-state index < -0.39 is 0 Å². The SMILES string of the molecule is COc1ccc(N2CCN(C(=O)c3nc(C)sc3C)CC2)cc1. The van der Waals surface area contributed by atoms with E-state index in [-0.39, 0.29) is 5.91 Å². The number of rotatable bonds is 3. The highest BCUT2D eigenvalue weighted by atomic mass is 32.1. The Morgan fingerprint density at radius 3 is 2.30 bits per heavy atom. The van der Waals surface area contributed by atoms with Gasteiger partial charge in [0.2, 0.25) is 0 Å². The van der Waals surface area contributed by atoms with Gasteiger partial charge in [-0.1, -0.05) is 0 Å². The number of piperazine rings is 1. The molecule has 0 atom stereocenters. The van der Waals surface area contributed by atoms with Crippen LogP contribution >= 0.6 is 11.3 Å². The van der Waals surface area contributed by atoms with Crippen LogP contribution in [0.15, 0.2) is 24.3 Å².